The van der Waals surface area contributed by atoms with Crippen LogP contribution in [0.15, 0.2) is 48.5 Å². The summed E-state index contributed by atoms with van der Waals surface area (Å²) in [6, 6.07) is 14.5. The zero-order valence-corrected chi connectivity index (χ0v) is 24.3. The topological polar surface area (TPSA) is 82.6 Å². The van der Waals surface area contributed by atoms with Crippen LogP contribution >= 0.6 is 0 Å². The van der Waals surface area contributed by atoms with E-state index in [4.69, 9.17) is 9.47 Å². The number of ether oxygens (including phenoxy) is 2. The molecule has 0 aliphatic carbocycles. The van der Waals surface area contributed by atoms with Gasteiger partial charge in [0.25, 0.3) is 11.8 Å². The monoisotopic (exact) mass is 539 g/mol. The molecule has 1 aliphatic rings. The molecule has 4 atom stereocenters. The van der Waals surface area contributed by atoms with Gasteiger partial charge in [0.1, 0.15) is 5.75 Å². The van der Waals surface area contributed by atoms with Gasteiger partial charge in [-0.3, -0.25) is 9.59 Å². The minimum Gasteiger partial charge on any atom is -0.490 e. The van der Waals surface area contributed by atoms with Gasteiger partial charge in [0.05, 0.1) is 30.4 Å². The number of carbonyl (C=O) groups excluding carboxylic acids is 2. The van der Waals surface area contributed by atoms with E-state index < -0.39 is 6.04 Å². The summed E-state index contributed by atoms with van der Waals surface area (Å²) in [6.07, 6.45) is 2.27. The van der Waals surface area contributed by atoms with Crippen molar-refractivity contribution >= 4 is 17.5 Å². The second kappa shape index (κ2) is 14.3. The Kier molecular flexibility index (Phi) is 11.2. The van der Waals surface area contributed by atoms with Gasteiger partial charge in [0, 0.05) is 58.0 Å². The molecule has 2 aromatic carbocycles. The number of likely N-dealkylation sites (N-methyl/N-ethyl adjacent to an activating group) is 1. The molecule has 1 N–H and O–H groups in total. The molecule has 3 rings (SSSR count). The third-order valence-electron chi connectivity index (χ3n) is 7.37. The molecule has 0 bridgehead atoms. The molecule has 0 fully saturated rings. The van der Waals surface area contributed by atoms with Crippen molar-refractivity contribution in [2.75, 3.05) is 52.3 Å². The van der Waals surface area contributed by atoms with Gasteiger partial charge in [-0.05, 0) is 63.4 Å². The summed E-state index contributed by atoms with van der Waals surface area (Å²) in [6.45, 7) is 7.04. The second-order valence-electron chi connectivity index (χ2n) is 10.9. The summed E-state index contributed by atoms with van der Waals surface area (Å²) in [5.41, 5.74) is 2.00. The van der Waals surface area contributed by atoms with Crippen molar-refractivity contribution in [3.8, 4) is 5.75 Å². The molecule has 0 saturated carbocycles. The molecule has 2 aromatic rings. The summed E-state index contributed by atoms with van der Waals surface area (Å²) in [4.78, 5) is 32.5. The second-order valence-corrected chi connectivity index (χ2v) is 10.9. The minimum absolute atomic E-state index is 0.0708. The molecule has 2 amide bonds. The van der Waals surface area contributed by atoms with Gasteiger partial charge in [0.2, 0.25) is 0 Å². The lowest BCUT2D eigenvalue weighted by Crippen LogP contribution is -2.48. The van der Waals surface area contributed by atoms with Crippen LogP contribution in [0.3, 0.4) is 0 Å². The van der Waals surface area contributed by atoms with E-state index in [1.165, 1.54) is 0 Å². The zero-order chi connectivity index (χ0) is 28.5. The van der Waals surface area contributed by atoms with Crippen LogP contribution in [-0.2, 0) is 4.74 Å². The lowest BCUT2D eigenvalue weighted by molar-refractivity contribution is -0.0149. The molecule has 1 heterocycles. The molecule has 0 radical (unpaired) electrons. The molecule has 0 aromatic heterocycles. The smallest absolute Gasteiger partial charge is 0.258 e. The average molecular weight is 540 g/mol. The predicted octanol–water partition coefficient (Wildman–Crippen LogP) is 4.32. The number of fused-ring (bicyclic) bond motifs is 1. The maximum Gasteiger partial charge on any atom is 0.258 e. The van der Waals surface area contributed by atoms with Crippen LogP contribution in [0, 0.1) is 5.92 Å². The normalized spacial score (nSPS) is 21.8. The Morgan fingerprint density at radius 1 is 1.10 bits per heavy atom. The number of amides is 2. The first-order valence-corrected chi connectivity index (χ1v) is 13.9. The standard InChI is InChI=1S/C31H45N3O5/c1-22-19-34(23(2)21-35)31(37)27-18-26(32(4)5)15-16-28(27)39-24(3)12-10-11-17-38-29(22)20-33(6)30(36)25-13-8-7-9-14-25/h7-9,13-16,18,22-24,29,35H,10-12,17,19-21H2,1-6H3/t22-,23+,24+,29+/m1/s1. The number of nitrogens with zero attached hydrogens (tertiary/aromatic N) is 3. The third kappa shape index (κ3) is 8.19. The fraction of sp³-hybridized carbons (Fsp3) is 0.548. The van der Waals surface area contributed by atoms with E-state index >= 15 is 0 Å². The first-order chi connectivity index (χ1) is 18.6. The van der Waals surface area contributed by atoms with E-state index in [0.717, 1.165) is 24.9 Å². The Bertz CT molecular complexity index is 1080. The maximum atomic E-state index is 14.1. The highest BCUT2D eigenvalue weighted by Crippen LogP contribution is 2.29. The van der Waals surface area contributed by atoms with Gasteiger partial charge in [0.15, 0.2) is 0 Å². The number of aliphatic hydroxyl groups excluding tert-OH is 1. The fourth-order valence-electron chi connectivity index (χ4n) is 4.81. The Morgan fingerprint density at radius 3 is 2.49 bits per heavy atom. The predicted molar refractivity (Wildman–Crippen MR) is 155 cm³/mol. The molecule has 0 spiro atoms. The number of anilines is 1. The van der Waals surface area contributed by atoms with Crippen molar-refractivity contribution in [3.05, 3.63) is 59.7 Å². The Labute approximate surface area is 233 Å². The minimum atomic E-state index is -0.412. The molecule has 39 heavy (non-hydrogen) atoms. The van der Waals surface area contributed by atoms with Crippen LogP contribution in [0.4, 0.5) is 5.69 Å². The van der Waals surface area contributed by atoms with Crippen molar-refractivity contribution in [3.63, 3.8) is 0 Å². The summed E-state index contributed by atoms with van der Waals surface area (Å²) < 4.78 is 12.6. The van der Waals surface area contributed by atoms with Crippen LogP contribution in [-0.4, -0.2) is 92.4 Å². The number of carbonyl (C=O) groups is 2. The van der Waals surface area contributed by atoms with Crippen LogP contribution in [0.25, 0.3) is 0 Å². The fourth-order valence-corrected chi connectivity index (χ4v) is 4.81. The van der Waals surface area contributed by atoms with Gasteiger partial charge >= 0.3 is 0 Å². The average Bonchev–Trinajstić information content (AvgIpc) is 2.93. The van der Waals surface area contributed by atoms with E-state index in [1.807, 2.05) is 88.3 Å². The summed E-state index contributed by atoms with van der Waals surface area (Å²) in [5, 5.41) is 10.1. The van der Waals surface area contributed by atoms with E-state index in [-0.39, 0.29) is 36.5 Å². The van der Waals surface area contributed by atoms with Crippen molar-refractivity contribution in [1.82, 2.24) is 9.80 Å². The van der Waals surface area contributed by atoms with Gasteiger partial charge in [-0.2, -0.15) is 0 Å². The summed E-state index contributed by atoms with van der Waals surface area (Å²) in [7, 11) is 5.66. The van der Waals surface area contributed by atoms with Crippen molar-refractivity contribution < 1.29 is 24.2 Å². The molecular weight excluding hydrogens is 494 g/mol. The molecule has 1 aliphatic heterocycles. The lowest BCUT2D eigenvalue weighted by Gasteiger charge is -2.36. The first-order valence-electron chi connectivity index (χ1n) is 13.9. The van der Waals surface area contributed by atoms with Gasteiger partial charge < -0.3 is 29.3 Å². The highest BCUT2D eigenvalue weighted by Gasteiger charge is 2.31. The first kappa shape index (κ1) is 30.4. The zero-order valence-electron chi connectivity index (χ0n) is 24.3. The third-order valence-corrected chi connectivity index (χ3v) is 7.37. The van der Waals surface area contributed by atoms with Crippen LogP contribution in [0.2, 0.25) is 0 Å². The molecular formula is C31H45N3O5. The van der Waals surface area contributed by atoms with E-state index in [9.17, 15) is 14.7 Å². The Balaban J connectivity index is 1.93. The van der Waals surface area contributed by atoms with E-state index in [2.05, 4.69) is 0 Å². The van der Waals surface area contributed by atoms with E-state index in [0.29, 0.717) is 36.6 Å². The van der Waals surface area contributed by atoms with Gasteiger partial charge in [-0.1, -0.05) is 25.1 Å². The van der Waals surface area contributed by atoms with Crippen molar-refractivity contribution in [1.29, 1.82) is 0 Å². The molecule has 0 unspecified atom stereocenters. The molecule has 8 nitrogen and oxygen atoms in total. The van der Waals surface area contributed by atoms with Crippen molar-refractivity contribution in [2.45, 2.75) is 58.3 Å². The lowest BCUT2D eigenvalue weighted by atomic mass is 10.0. The van der Waals surface area contributed by atoms with Crippen LogP contribution < -0.4 is 9.64 Å². The maximum absolute atomic E-state index is 14.1. The van der Waals surface area contributed by atoms with E-state index in [1.54, 1.807) is 16.8 Å². The Morgan fingerprint density at radius 2 is 1.82 bits per heavy atom. The number of benzene rings is 2. The molecule has 8 heteroatoms. The van der Waals surface area contributed by atoms with Crippen molar-refractivity contribution in [2.24, 2.45) is 5.92 Å². The quantitative estimate of drug-likeness (QED) is 0.589. The number of hydrogen-bond donors (Lipinski definition) is 1. The van der Waals surface area contributed by atoms with Crippen LogP contribution in [0.1, 0.15) is 60.7 Å². The SMILES string of the molecule is C[C@@H]1CN([C@@H](C)CO)C(=O)c2cc(N(C)C)ccc2O[C@@H](C)CCCCO[C@H]1CN(C)C(=O)c1ccccc1. The Hall–Kier alpha value is -3.10. The van der Waals surface area contributed by atoms with Crippen LogP contribution in [0.5, 0.6) is 5.75 Å². The largest absolute Gasteiger partial charge is 0.490 e. The molecule has 0 saturated heterocycles. The number of rotatable bonds is 6. The number of hydrogen-bond acceptors (Lipinski definition) is 6. The van der Waals surface area contributed by atoms with Gasteiger partial charge in [-0.25, -0.2) is 0 Å². The molecule has 214 valence electrons. The number of aliphatic hydroxyl groups is 1. The highest BCUT2D eigenvalue weighted by atomic mass is 16.5. The summed E-state index contributed by atoms with van der Waals surface area (Å²) >= 11 is 0. The van der Waals surface area contributed by atoms with Gasteiger partial charge in [-0.15, -0.1) is 0 Å². The summed E-state index contributed by atoms with van der Waals surface area (Å²) in [5.74, 6) is 0.189. The highest BCUT2D eigenvalue weighted by molar-refractivity contribution is 5.98.